The molecule has 1 aromatic heterocycles. The summed E-state index contributed by atoms with van der Waals surface area (Å²) in [4.78, 5) is 8.12. The lowest BCUT2D eigenvalue weighted by Gasteiger charge is -2.18. The zero-order valence-electron chi connectivity index (χ0n) is 7.43. The SMILES string of the molecule is CC(C)(C)c1nc(N)ncc1I. The third-order valence-electron chi connectivity index (χ3n) is 1.47. The van der Waals surface area contributed by atoms with Crippen molar-refractivity contribution in [2.45, 2.75) is 26.2 Å². The van der Waals surface area contributed by atoms with Gasteiger partial charge >= 0.3 is 0 Å². The molecule has 1 heterocycles. The van der Waals surface area contributed by atoms with Gasteiger partial charge in [0.1, 0.15) is 0 Å². The smallest absolute Gasteiger partial charge is 0.220 e. The van der Waals surface area contributed by atoms with Crippen molar-refractivity contribution in [2.24, 2.45) is 0 Å². The number of nitrogen functional groups attached to an aromatic ring is 1. The van der Waals surface area contributed by atoms with Gasteiger partial charge in [0.2, 0.25) is 5.95 Å². The molecule has 0 aliphatic heterocycles. The molecule has 4 heteroatoms. The molecule has 0 bridgehead atoms. The number of halogens is 1. The Kier molecular flexibility index (Phi) is 2.55. The molecule has 1 aromatic rings. The second kappa shape index (κ2) is 3.16. The maximum atomic E-state index is 5.50. The van der Waals surface area contributed by atoms with E-state index in [9.17, 15) is 0 Å². The van der Waals surface area contributed by atoms with Crippen LogP contribution in [0.2, 0.25) is 0 Å². The van der Waals surface area contributed by atoms with Crippen LogP contribution in [-0.4, -0.2) is 9.97 Å². The summed E-state index contributed by atoms with van der Waals surface area (Å²) >= 11 is 2.22. The van der Waals surface area contributed by atoms with Crippen molar-refractivity contribution in [1.82, 2.24) is 9.97 Å². The molecule has 12 heavy (non-hydrogen) atoms. The van der Waals surface area contributed by atoms with Gasteiger partial charge in [-0.2, -0.15) is 0 Å². The summed E-state index contributed by atoms with van der Waals surface area (Å²) < 4.78 is 1.06. The van der Waals surface area contributed by atoms with E-state index in [-0.39, 0.29) is 5.41 Å². The number of anilines is 1. The summed E-state index contributed by atoms with van der Waals surface area (Å²) in [7, 11) is 0. The molecule has 0 atom stereocenters. The van der Waals surface area contributed by atoms with Gasteiger partial charge < -0.3 is 5.73 Å². The van der Waals surface area contributed by atoms with E-state index in [0.717, 1.165) is 9.26 Å². The monoisotopic (exact) mass is 277 g/mol. The Morgan fingerprint density at radius 2 is 2.00 bits per heavy atom. The average molecular weight is 277 g/mol. The highest BCUT2D eigenvalue weighted by Gasteiger charge is 2.19. The standard InChI is InChI=1S/C8H12IN3/c1-8(2,3)6-5(9)4-11-7(10)12-6/h4H,1-3H3,(H2,10,11,12). The molecule has 0 unspecified atom stereocenters. The summed E-state index contributed by atoms with van der Waals surface area (Å²) in [6, 6.07) is 0. The Balaban J connectivity index is 3.23. The Bertz CT molecular complexity index is 291. The van der Waals surface area contributed by atoms with Crippen LogP contribution in [0.5, 0.6) is 0 Å². The van der Waals surface area contributed by atoms with Gasteiger partial charge in [0, 0.05) is 11.6 Å². The van der Waals surface area contributed by atoms with E-state index in [1.165, 1.54) is 0 Å². The van der Waals surface area contributed by atoms with Gasteiger partial charge in [-0.15, -0.1) is 0 Å². The fourth-order valence-electron chi connectivity index (χ4n) is 0.907. The van der Waals surface area contributed by atoms with E-state index in [2.05, 4.69) is 53.3 Å². The lowest BCUT2D eigenvalue weighted by atomic mass is 9.92. The Hall–Kier alpha value is -0.390. The summed E-state index contributed by atoms with van der Waals surface area (Å²) in [5.41, 5.74) is 6.54. The fourth-order valence-corrected chi connectivity index (χ4v) is 1.98. The van der Waals surface area contributed by atoms with E-state index in [1.807, 2.05) is 0 Å². The molecule has 0 fully saturated rings. The Morgan fingerprint density at radius 3 is 2.42 bits per heavy atom. The van der Waals surface area contributed by atoms with Gasteiger partial charge in [0.25, 0.3) is 0 Å². The predicted octanol–water partition coefficient (Wildman–Crippen LogP) is 1.96. The largest absolute Gasteiger partial charge is 0.368 e. The summed E-state index contributed by atoms with van der Waals surface area (Å²) in [6.07, 6.45) is 1.75. The number of nitrogens with two attached hydrogens (primary N) is 1. The lowest BCUT2D eigenvalue weighted by Crippen LogP contribution is -2.17. The van der Waals surface area contributed by atoms with Crippen molar-refractivity contribution >= 4 is 28.5 Å². The molecule has 0 aliphatic rings. The first-order chi connectivity index (χ1) is 5.41. The van der Waals surface area contributed by atoms with Crippen LogP contribution in [0.1, 0.15) is 26.5 Å². The van der Waals surface area contributed by atoms with E-state index in [4.69, 9.17) is 5.73 Å². The Labute approximate surface area is 85.9 Å². The van der Waals surface area contributed by atoms with Crippen molar-refractivity contribution < 1.29 is 0 Å². The summed E-state index contributed by atoms with van der Waals surface area (Å²) in [5.74, 6) is 0.348. The molecule has 2 N–H and O–H groups in total. The minimum atomic E-state index is 0.0353. The zero-order chi connectivity index (χ0) is 9.35. The molecule has 0 aromatic carbocycles. The van der Waals surface area contributed by atoms with E-state index in [1.54, 1.807) is 6.20 Å². The maximum absolute atomic E-state index is 5.50. The maximum Gasteiger partial charge on any atom is 0.220 e. The zero-order valence-corrected chi connectivity index (χ0v) is 9.58. The minimum absolute atomic E-state index is 0.0353. The molecule has 3 nitrogen and oxygen atoms in total. The van der Waals surface area contributed by atoms with Crippen LogP contribution in [0.15, 0.2) is 6.20 Å². The molecule has 66 valence electrons. The number of nitrogens with zero attached hydrogens (tertiary/aromatic N) is 2. The minimum Gasteiger partial charge on any atom is -0.368 e. The van der Waals surface area contributed by atoms with Crippen molar-refractivity contribution in [3.05, 3.63) is 15.5 Å². The molecular formula is C8H12IN3. The molecule has 0 saturated heterocycles. The number of aromatic nitrogens is 2. The first-order valence-electron chi connectivity index (χ1n) is 3.70. The van der Waals surface area contributed by atoms with Gasteiger partial charge in [0.15, 0.2) is 0 Å². The Morgan fingerprint density at radius 1 is 1.42 bits per heavy atom. The van der Waals surface area contributed by atoms with Crippen molar-refractivity contribution in [2.75, 3.05) is 5.73 Å². The second-order valence-electron chi connectivity index (χ2n) is 3.67. The number of hydrogen-bond donors (Lipinski definition) is 1. The molecule has 0 radical (unpaired) electrons. The third kappa shape index (κ3) is 2.06. The number of hydrogen-bond acceptors (Lipinski definition) is 3. The summed E-state index contributed by atoms with van der Waals surface area (Å²) in [5, 5.41) is 0. The van der Waals surface area contributed by atoms with Crippen LogP contribution in [0.3, 0.4) is 0 Å². The molecule has 0 aliphatic carbocycles. The topological polar surface area (TPSA) is 51.8 Å². The van der Waals surface area contributed by atoms with Gasteiger partial charge in [-0.3, -0.25) is 0 Å². The third-order valence-corrected chi connectivity index (χ3v) is 2.26. The van der Waals surface area contributed by atoms with Crippen LogP contribution in [0.4, 0.5) is 5.95 Å². The highest BCUT2D eigenvalue weighted by molar-refractivity contribution is 14.1. The van der Waals surface area contributed by atoms with E-state index in [0.29, 0.717) is 5.95 Å². The molecule has 0 amide bonds. The van der Waals surface area contributed by atoms with Crippen molar-refractivity contribution in [3.8, 4) is 0 Å². The average Bonchev–Trinajstić information content (AvgIpc) is 1.92. The molecule has 0 saturated carbocycles. The van der Waals surface area contributed by atoms with Gasteiger partial charge in [-0.25, -0.2) is 9.97 Å². The predicted molar refractivity (Wildman–Crippen MR) is 57.9 cm³/mol. The van der Waals surface area contributed by atoms with Crippen molar-refractivity contribution in [3.63, 3.8) is 0 Å². The van der Waals surface area contributed by atoms with Crippen LogP contribution in [-0.2, 0) is 5.41 Å². The summed E-state index contributed by atoms with van der Waals surface area (Å²) in [6.45, 7) is 6.32. The van der Waals surface area contributed by atoms with Crippen LogP contribution >= 0.6 is 22.6 Å². The van der Waals surface area contributed by atoms with Crippen molar-refractivity contribution in [1.29, 1.82) is 0 Å². The fraction of sp³-hybridized carbons (Fsp3) is 0.500. The van der Waals surface area contributed by atoms with Gasteiger partial charge in [-0.05, 0) is 22.6 Å². The van der Waals surface area contributed by atoms with E-state index < -0.39 is 0 Å². The number of rotatable bonds is 0. The quantitative estimate of drug-likeness (QED) is 0.737. The van der Waals surface area contributed by atoms with Gasteiger partial charge in [-0.1, -0.05) is 20.8 Å². The first-order valence-corrected chi connectivity index (χ1v) is 4.77. The van der Waals surface area contributed by atoms with Gasteiger partial charge in [0.05, 0.1) is 9.26 Å². The first kappa shape index (κ1) is 9.70. The molecular weight excluding hydrogens is 265 g/mol. The highest BCUT2D eigenvalue weighted by Crippen LogP contribution is 2.24. The lowest BCUT2D eigenvalue weighted by molar-refractivity contribution is 0.564. The molecule has 1 rings (SSSR count). The van der Waals surface area contributed by atoms with Crippen LogP contribution in [0.25, 0.3) is 0 Å². The van der Waals surface area contributed by atoms with Crippen LogP contribution in [0, 0.1) is 3.57 Å². The molecule has 0 spiro atoms. The highest BCUT2D eigenvalue weighted by atomic mass is 127. The second-order valence-corrected chi connectivity index (χ2v) is 4.84. The van der Waals surface area contributed by atoms with Crippen LogP contribution < -0.4 is 5.73 Å². The normalized spacial score (nSPS) is 11.7. The van der Waals surface area contributed by atoms with E-state index >= 15 is 0 Å².